The second kappa shape index (κ2) is 4.64. The highest BCUT2D eigenvalue weighted by Crippen LogP contribution is 2.30. The topological polar surface area (TPSA) is 71.5 Å². The highest BCUT2D eigenvalue weighted by atomic mass is 16.5. The lowest BCUT2D eigenvalue weighted by atomic mass is 10.1. The minimum atomic E-state index is -0.471. The van der Waals surface area contributed by atoms with E-state index in [2.05, 4.69) is 15.0 Å². The average molecular weight is 249 g/mol. The molecule has 96 valence electrons. The maximum absolute atomic E-state index is 11.8. The maximum Gasteiger partial charge on any atom is 0.339 e. The summed E-state index contributed by atoms with van der Waals surface area (Å²) in [6, 6.07) is 1.32. The molecule has 0 fully saturated rings. The van der Waals surface area contributed by atoms with Crippen LogP contribution in [0.15, 0.2) is 12.3 Å². The lowest BCUT2D eigenvalue weighted by Crippen LogP contribution is -2.46. The molecule has 1 N–H and O–H groups in total. The molecule has 0 saturated carbocycles. The van der Waals surface area contributed by atoms with Gasteiger partial charge < -0.3 is 15.0 Å². The van der Waals surface area contributed by atoms with Crippen molar-refractivity contribution in [1.82, 2.24) is 4.98 Å². The molecule has 0 aromatic carbocycles. The molecule has 1 aromatic rings. The number of nitrogens with one attached hydrogen (secondary N) is 1. The molecule has 1 unspecified atom stereocenters. The van der Waals surface area contributed by atoms with Gasteiger partial charge in [0, 0.05) is 12.7 Å². The van der Waals surface area contributed by atoms with Crippen LogP contribution in [-0.2, 0) is 9.53 Å². The van der Waals surface area contributed by atoms with Crippen LogP contribution in [0.5, 0.6) is 0 Å². The smallest absolute Gasteiger partial charge is 0.339 e. The van der Waals surface area contributed by atoms with E-state index in [1.165, 1.54) is 13.3 Å². The van der Waals surface area contributed by atoms with Crippen molar-refractivity contribution in [3.8, 4) is 0 Å². The number of anilines is 2. The number of ether oxygens (including phenoxy) is 1. The number of esters is 1. The fourth-order valence-corrected chi connectivity index (χ4v) is 1.99. The summed E-state index contributed by atoms with van der Waals surface area (Å²) in [6.07, 6.45) is 1.46. The Morgan fingerprint density at radius 2 is 2.33 bits per heavy atom. The standard InChI is InChI=1S/C12H15N3O3/c1-4-15-7(2)11(16)14-9-5-8(12(17)18-3)6-13-10(9)15/h5-7H,4H2,1-3H3,(H,14,16). The first-order valence-corrected chi connectivity index (χ1v) is 5.74. The molecule has 0 spiro atoms. The van der Waals surface area contributed by atoms with Crippen molar-refractivity contribution in [2.45, 2.75) is 19.9 Å². The summed E-state index contributed by atoms with van der Waals surface area (Å²) in [7, 11) is 1.31. The summed E-state index contributed by atoms with van der Waals surface area (Å²) in [4.78, 5) is 29.3. The molecule has 1 aromatic heterocycles. The van der Waals surface area contributed by atoms with E-state index in [1.54, 1.807) is 6.07 Å². The Kier molecular flexibility index (Phi) is 3.18. The fourth-order valence-electron chi connectivity index (χ4n) is 1.99. The van der Waals surface area contributed by atoms with Crippen LogP contribution in [0.25, 0.3) is 0 Å². The molecule has 0 saturated heterocycles. The Morgan fingerprint density at radius 1 is 1.61 bits per heavy atom. The lowest BCUT2D eigenvalue weighted by molar-refractivity contribution is -0.117. The second-order valence-electron chi connectivity index (χ2n) is 4.04. The van der Waals surface area contributed by atoms with Gasteiger partial charge in [-0.25, -0.2) is 9.78 Å². The number of nitrogens with zero attached hydrogens (tertiary/aromatic N) is 2. The molecule has 2 rings (SSSR count). The largest absolute Gasteiger partial charge is 0.465 e. The molecule has 6 nitrogen and oxygen atoms in total. The Hall–Kier alpha value is -2.11. The van der Waals surface area contributed by atoms with E-state index < -0.39 is 5.97 Å². The predicted octanol–water partition coefficient (Wildman–Crippen LogP) is 1.04. The van der Waals surface area contributed by atoms with Gasteiger partial charge in [0.05, 0.1) is 18.4 Å². The molecule has 1 atom stereocenters. The van der Waals surface area contributed by atoms with Crippen LogP contribution in [0.4, 0.5) is 11.5 Å². The minimum absolute atomic E-state index is 0.104. The van der Waals surface area contributed by atoms with Gasteiger partial charge in [-0.1, -0.05) is 0 Å². The first kappa shape index (κ1) is 12.3. The molecule has 18 heavy (non-hydrogen) atoms. The van der Waals surface area contributed by atoms with E-state index in [-0.39, 0.29) is 11.9 Å². The number of likely N-dealkylation sites (N-methyl/N-ethyl adjacent to an activating group) is 1. The number of pyridine rings is 1. The van der Waals surface area contributed by atoms with E-state index in [4.69, 9.17) is 0 Å². The number of aromatic nitrogens is 1. The fraction of sp³-hybridized carbons (Fsp3) is 0.417. The number of rotatable bonds is 2. The summed E-state index contributed by atoms with van der Waals surface area (Å²) < 4.78 is 4.62. The number of amides is 1. The van der Waals surface area contributed by atoms with Crippen molar-refractivity contribution in [2.75, 3.05) is 23.9 Å². The summed E-state index contributed by atoms with van der Waals surface area (Å²) in [5, 5.41) is 2.74. The number of carbonyl (C=O) groups excluding carboxylic acids is 2. The van der Waals surface area contributed by atoms with Crippen LogP contribution < -0.4 is 10.2 Å². The van der Waals surface area contributed by atoms with Crippen molar-refractivity contribution in [3.63, 3.8) is 0 Å². The summed E-state index contributed by atoms with van der Waals surface area (Å²) in [6.45, 7) is 4.44. The number of carbonyl (C=O) groups is 2. The van der Waals surface area contributed by atoms with E-state index >= 15 is 0 Å². The van der Waals surface area contributed by atoms with Gasteiger partial charge in [0.1, 0.15) is 6.04 Å². The highest BCUT2D eigenvalue weighted by molar-refractivity contribution is 6.03. The molecule has 1 aliphatic rings. The third kappa shape index (κ3) is 1.90. The molecule has 6 heteroatoms. The van der Waals surface area contributed by atoms with Crippen LogP contribution in [0.3, 0.4) is 0 Å². The van der Waals surface area contributed by atoms with E-state index in [0.717, 1.165) is 0 Å². The zero-order chi connectivity index (χ0) is 13.3. The first-order chi connectivity index (χ1) is 8.58. The minimum Gasteiger partial charge on any atom is -0.465 e. The second-order valence-corrected chi connectivity index (χ2v) is 4.04. The first-order valence-electron chi connectivity index (χ1n) is 5.74. The van der Waals surface area contributed by atoms with Crippen molar-refractivity contribution >= 4 is 23.4 Å². The van der Waals surface area contributed by atoms with Crippen molar-refractivity contribution in [1.29, 1.82) is 0 Å². The Labute approximate surface area is 105 Å². The molecule has 0 bridgehead atoms. The van der Waals surface area contributed by atoms with Crippen LogP contribution >= 0.6 is 0 Å². The number of fused-ring (bicyclic) bond motifs is 1. The summed E-state index contributed by atoms with van der Waals surface area (Å²) >= 11 is 0. The van der Waals surface area contributed by atoms with Crippen molar-refractivity contribution in [2.24, 2.45) is 0 Å². The van der Waals surface area contributed by atoms with Crippen LogP contribution in [-0.4, -0.2) is 36.6 Å². The van der Waals surface area contributed by atoms with Crippen molar-refractivity contribution in [3.05, 3.63) is 17.8 Å². The summed E-state index contributed by atoms with van der Waals surface area (Å²) in [5.74, 6) is 0.103. The van der Waals surface area contributed by atoms with Crippen LogP contribution in [0, 0.1) is 0 Å². The van der Waals surface area contributed by atoms with Gasteiger partial charge in [-0.15, -0.1) is 0 Å². The van der Waals surface area contributed by atoms with Crippen LogP contribution in [0.2, 0.25) is 0 Å². The van der Waals surface area contributed by atoms with E-state index in [0.29, 0.717) is 23.6 Å². The van der Waals surface area contributed by atoms with Gasteiger partial charge in [-0.05, 0) is 19.9 Å². The SMILES string of the molecule is CCN1c2ncc(C(=O)OC)cc2NC(=O)C1C. The normalized spacial score (nSPS) is 18.1. The highest BCUT2D eigenvalue weighted by Gasteiger charge is 2.30. The molecule has 1 aliphatic heterocycles. The quantitative estimate of drug-likeness (QED) is 0.793. The maximum atomic E-state index is 11.8. The molecule has 1 amide bonds. The lowest BCUT2D eigenvalue weighted by Gasteiger charge is -2.34. The Balaban J connectivity index is 2.45. The molecular weight excluding hydrogens is 234 g/mol. The monoisotopic (exact) mass is 249 g/mol. The van der Waals surface area contributed by atoms with Gasteiger partial charge in [-0.3, -0.25) is 4.79 Å². The summed E-state index contributed by atoms with van der Waals surface area (Å²) in [5.41, 5.74) is 0.866. The van der Waals surface area contributed by atoms with E-state index in [1.807, 2.05) is 18.7 Å². The van der Waals surface area contributed by atoms with Gasteiger partial charge >= 0.3 is 5.97 Å². The third-order valence-corrected chi connectivity index (χ3v) is 3.01. The van der Waals surface area contributed by atoms with Gasteiger partial charge in [0.15, 0.2) is 5.82 Å². The third-order valence-electron chi connectivity index (χ3n) is 3.01. The van der Waals surface area contributed by atoms with Gasteiger partial charge in [-0.2, -0.15) is 0 Å². The van der Waals surface area contributed by atoms with Crippen molar-refractivity contribution < 1.29 is 14.3 Å². The Bertz CT molecular complexity index is 501. The van der Waals surface area contributed by atoms with Crippen LogP contribution in [0.1, 0.15) is 24.2 Å². The zero-order valence-electron chi connectivity index (χ0n) is 10.6. The Morgan fingerprint density at radius 3 is 2.94 bits per heavy atom. The molecule has 0 radical (unpaired) electrons. The average Bonchev–Trinajstić information content (AvgIpc) is 2.39. The molecule has 0 aliphatic carbocycles. The number of methoxy groups -OCH3 is 1. The van der Waals surface area contributed by atoms with Gasteiger partial charge in [0.25, 0.3) is 0 Å². The predicted molar refractivity (Wildman–Crippen MR) is 66.7 cm³/mol. The van der Waals surface area contributed by atoms with E-state index in [9.17, 15) is 9.59 Å². The van der Waals surface area contributed by atoms with Gasteiger partial charge in [0.2, 0.25) is 5.91 Å². The zero-order valence-corrected chi connectivity index (χ0v) is 10.6. The number of hydrogen-bond acceptors (Lipinski definition) is 5. The molecular formula is C12H15N3O3. The number of hydrogen-bond donors (Lipinski definition) is 1. The molecule has 2 heterocycles.